The maximum absolute atomic E-state index is 11.0. The average molecular weight is 236 g/mol. The highest BCUT2D eigenvalue weighted by Crippen LogP contribution is 2.15. The Hall–Kier alpha value is -2.37. The predicted molar refractivity (Wildman–Crippen MR) is 60.4 cm³/mol. The number of amides is 2. The van der Waals surface area contributed by atoms with Crippen molar-refractivity contribution in [2.75, 3.05) is 11.9 Å². The lowest BCUT2D eigenvalue weighted by Gasteiger charge is -2.06. The molecular formula is C11H12N2O4. The van der Waals surface area contributed by atoms with Gasteiger partial charge in [0.1, 0.15) is 5.75 Å². The molecule has 6 nitrogen and oxygen atoms in total. The van der Waals surface area contributed by atoms with Gasteiger partial charge in [-0.25, -0.2) is 0 Å². The van der Waals surface area contributed by atoms with Crippen molar-refractivity contribution in [3.05, 3.63) is 24.3 Å². The molecule has 0 aliphatic rings. The summed E-state index contributed by atoms with van der Waals surface area (Å²) in [6.07, 6.45) is 0.327. The smallest absolute Gasteiger partial charge is 0.308 e. The van der Waals surface area contributed by atoms with Crippen LogP contribution in [0.4, 0.5) is 5.69 Å². The van der Waals surface area contributed by atoms with Gasteiger partial charge in [-0.15, -0.1) is 0 Å². The van der Waals surface area contributed by atoms with Gasteiger partial charge in [0, 0.05) is 12.6 Å². The molecule has 0 radical (unpaired) electrons. The van der Waals surface area contributed by atoms with Gasteiger partial charge in [0.15, 0.2) is 0 Å². The molecule has 0 fully saturated rings. The van der Waals surface area contributed by atoms with Crippen LogP contribution in [0.5, 0.6) is 5.75 Å². The SMILES string of the molecule is CC(=O)Oc1ccc(NCC(=O)NC=O)cc1. The number of imide groups is 1. The zero-order valence-corrected chi connectivity index (χ0v) is 9.23. The van der Waals surface area contributed by atoms with Crippen LogP contribution in [0.25, 0.3) is 0 Å². The first kappa shape index (κ1) is 12.7. The van der Waals surface area contributed by atoms with Crippen molar-refractivity contribution in [3.8, 4) is 5.75 Å². The van der Waals surface area contributed by atoms with Gasteiger partial charge in [0.05, 0.1) is 6.54 Å². The highest BCUT2D eigenvalue weighted by molar-refractivity contribution is 5.88. The molecule has 0 saturated heterocycles. The van der Waals surface area contributed by atoms with E-state index in [0.29, 0.717) is 17.8 Å². The number of anilines is 1. The minimum Gasteiger partial charge on any atom is -0.427 e. The van der Waals surface area contributed by atoms with Crippen LogP contribution in [0.15, 0.2) is 24.3 Å². The maximum Gasteiger partial charge on any atom is 0.308 e. The first-order valence-corrected chi connectivity index (χ1v) is 4.87. The lowest BCUT2D eigenvalue weighted by Crippen LogP contribution is -2.28. The van der Waals surface area contributed by atoms with E-state index in [4.69, 9.17) is 4.74 Å². The van der Waals surface area contributed by atoms with Crippen LogP contribution < -0.4 is 15.4 Å². The third-order valence-electron chi connectivity index (χ3n) is 1.79. The molecule has 0 spiro atoms. The van der Waals surface area contributed by atoms with E-state index in [2.05, 4.69) is 5.32 Å². The topological polar surface area (TPSA) is 84.5 Å². The Morgan fingerprint density at radius 1 is 1.29 bits per heavy atom. The standard InChI is InChI=1S/C11H12N2O4/c1-8(15)17-10-4-2-9(3-5-10)12-6-11(16)13-7-14/h2-5,7,12H,6H2,1H3,(H,13,14,16). The Kier molecular flexibility index (Phi) is 4.68. The van der Waals surface area contributed by atoms with E-state index in [-0.39, 0.29) is 6.54 Å². The molecule has 2 N–H and O–H groups in total. The van der Waals surface area contributed by atoms with E-state index in [9.17, 15) is 14.4 Å². The minimum absolute atomic E-state index is 0.00828. The van der Waals surface area contributed by atoms with Gasteiger partial charge < -0.3 is 10.1 Å². The number of esters is 1. The van der Waals surface area contributed by atoms with Crippen molar-refractivity contribution in [2.45, 2.75) is 6.92 Å². The molecule has 1 aromatic carbocycles. The van der Waals surface area contributed by atoms with E-state index < -0.39 is 11.9 Å². The Morgan fingerprint density at radius 3 is 2.47 bits per heavy atom. The van der Waals surface area contributed by atoms with Crippen molar-refractivity contribution in [1.82, 2.24) is 5.32 Å². The molecule has 0 atom stereocenters. The second kappa shape index (κ2) is 6.26. The van der Waals surface area contributed by atoms with Crippen LogP contribution in [0.3, 0.4) is 0 Å². The van der Waals surface area contributed by atoms with E-state index in [1.165, 1.54) is 6.92 Å². The van der Waals surface area contributed by atoms with Gasteiger partial charge in [-0.1, -0.05) is 0 Å². The third-order valence-corrected chi connectivity index (χ3v) is 1.79. The van der Waals surface area contributed by atoms with E-state index in [1.807, 2.05) is 5.32 Å². The highest BCUT2D eigenvalue weighted by atomic mass is 16.5. The number of hydrogen-bond donors (Lipinski definition) is 2. The van der Waals surface area contributed by atoms with Gasteiger partial charge >= 0.3 is 5.97 Å². The first-order valence-electron chi connectivity index (χ1n) is 4.87. The summed E-state index contributed by atoms with van der Waals surface area (Å²) < 4.78 is 4.84. The Morgan fingerprint density at radius 2 is 1.94 bits per heavy atom. The monoisotopic (exact) mass is 236 g/mol. The fraction of sp³-hybridized carbons (Fsp3) is 0.182. The van der Waals surface area contributed by atoms with Crippen LogP contribution in [0.1, 0.15) is 6.92 Å². The van der Waals surface area contributed by atoms with Gasteiger partial charge in [0.25, 0.3) is 0 Å². The molecule has 6 heteroatoms. The molecule has 0 heterocycles. The summed E-state index contributed by atoms with van der Waals surface area (Å²) in [6, 6.07) is 6.52. The van der Waals surface area contributed by atoms with Gasteiger partial charge in [-0.3, -0.25) is 19.7 Å². The molecular weight excluding hydrogens is 224 g/mol. The van der Waals surface area contributed by atoms with Crippen molar-refractivity contribution < 1.29 is 19.1 Å². The summed E-state index contributed by atoms with van der Waals surface area (Å²) in [4.78, 5) is 31.6. The number of nitrogens with one attached hydrogen (secondary N) is 2. The number of carbonyl (C=O) groups excluding carboxylic acids is 3. The molecule has 0 aliphatic carbocycles. The summed E-state index contributed by atoms with van der Waals surface area (Å²) in [5.74, 6) is -0.388. The molecule has 1 aromatic rings. The molecule has 0 aromatic heterocycles. The van der Waals surface area contributed by atoms with Crippen molar-refractivity contribution in [1.29, 1.82) is 0 Å². The quantitative estimate of drug-likeness (QED) is 0.436. The molecule has 1 rings (SSSR count). The van der Waals surface area contributed by atoms with Crippen LogP contribution in [-0.4, -0.2) is 24.8 Å². The molecule has 0 saturated carbocycles. The molecule has 0 unspecified atom stereocenters. The maximum atomic E-state index is 11.0. The second-order valence-corrected chi connectivity index (χ2v) is 3.16. The summed E-state index contributed by atoms with van der Waals surface area (Å²) in [5, 5.41) is 4.80. The van der Waals surface area contributed by atoms with Crippen molar-refractivity contribution >= 4 is 24.0 Å². The normalized spacial score (nSPS) is 9.24. The number of rotatable bonds is 5. The zero-order chi connectivity index (χ0) is 12.7. The van der Waals surface area contributed by atoms with Gasteiger partial charge in [0.2, 0.25) is 12.3 Å². The zero-order valence-electron chi connectivity index (χ0n) is 9.23. The number of benzene rings is 1. The van der Waals surface area contributed by atoms with Gasteiger partial charge in [-0.05, 0) is 24.3 Å². The molecule has 0 bridgehead atoms. The average Bonchev–Trinajstić information content (AvgIpc) is 2.28. The van der Waals surface area contributed by atoms with E-state index in [0.717, 1.165) is 0 Å². The summed E-state index contributed by atoms with van der Waals surface area (Å²) in [6.45, 7) is 1.31. The third kappa shape index (κ3) is 4.78. The largest absolute Gasteiger partial charge is 0.427 e. The lowest BCUT2D eigenvalue weighted by molar-refractivity contribution is -0.132. The van der Waals surface area contributed by atoms with Crippen molar-refractivity contribution in [2.24, 2.45) is 0 Å². The number of ether oxygens (including phenoxy) is 1. The Labute approximate surface area is 98.0 Å². The number of hydrogen-bond acceptors (Lipinski definition) is 5. The van der Waals surface area contributed by atoms with E-state index >= 15 is 0 Å². The predicted octanol–water partition coefficient (Wildman–Crippen LogP) is 0.296. The van der Waals surface area contributed by atoms with Crippen LogP contribution in [0, 0.1) is 0 Å². The van der Waals surface area contributed by atoms with Crippen molar-refractivity contribution in [3.63, 3.8) is 0 Å². The minimum atomic E-state index is -0.427. The van der Waals surface area contributed by atoms with Crippen LogP contribution in [0.2, 0.25) is 0 Å². The highest BCUT2D eigenvalue weighted by Gasteiger charge is 2.00. The Balaban J connectivity index is 2.48. The van der Waals surface area contributed by atoms with Gasteiger partial charge in [-0.2, -0.15) is 0 Å². The van der Waals surface area contributed by atoms with E-state index in [1.54, 1.807) is 24.3 Å². The lowest BCUT2D eigenvalue weighted by atomic mass is 10.3. The number of carbonyl (C=O) groups is 3. The molecule has 90 valence electrons. The van der Waals surface area contributed by atoms with Crippen LogP contribution >= 0.6 is 0 Å². The molecule has 2 amide bonds. The van der Waals surface area contributed by atoms with Crippen LogP contribution in [-0.2, 0) is 14.4 Å². The first-order chi connectivity index (χ1) is 8.11. The Bertz CT molecular complexity index is 414. The second-order valence-electron chi connectivity index (χ2n) is 3.16. The summed E-state index contributed by atoms with van der Waals surface area (Å²) in [7, 11) is 0. The fourth-order valence-corrected chi connectivity index (χ4v) is 1.11. The summed E-state index contributed by atoms with van der Waals surface area (Å²) >= 11 is 0. The fourth-order valence-electron chi connectivity index (χ4n) is 1.11. The molecule has 0 aliphatic heterocycles. The summed E-state index contributed by atoms with van der Waals surface area (Å²) in [5.41, 5.74) is 0.682. The molecule has 17 heavy (non-hydrogen) atoms.